The fourth-order valence-corrected chi connectivity index (χ4v) is 8.10. The lowest BCUT2D eigenvalue weighted by molar-refractivity contribution is -0.144. The van der Waals surface area contributed by atoms with E-state index in [2.05, 4.69) is 33.0 Å². The molecule has 1 amide bonds. The quantitative estimate of drug-likeness (QED) is 0.260. The van der Waals surface area contributed by atoms with Crippen molar-refractivity contribution < 1.29 is 34.8 Å². The van der Waals surface area contributed by atoms with Gasteiger partial charge in [-0.1, -0.05) is 45.7 Å². The van der Waals surface area contributed by atoms with Gasteiger partial charge in [-0.15, -0.1) is 0 Å². The number of aliphatic hydroxyl groups is 3. The molecule has 1 saturated carbocycles. The molecule has 222 valence electrons. The molecule has 1 aromatic rings. The van der Waals surface area contributed by atoms with E-state index in [9.17, 15) is 34.8 Å². The molecule has 1 fully saturated rings. The van der Waals surface area contributed by atoms with E-state index in [1.54, 1.807) is 0 Å². The van der Waals surface area contributed by atoms with Crippen LogP contribution in [-0.4, -0.2) is 50.0 Å². The minimum Gasteiger partial charge on any atom is -0.511 e. The van der Waals surface area contributed by atoms with Gasteiger partial charge in [-0.3, -0.25) is 14.4 Å². The van der Waals surface area contributed by atoms with Crippen molar-refractivity contribution in [2.24, 2.45) is 40.7 Å². The Morgan fingerprint density at radius 3 is 2.46 bits per heavy atom. The van der Waals surface area contributed by atoms with Crippen LogP contribution in [0.5, 0.6) is 5.75 Å². The molecule has 7 N–H and O–H groups in total. The standard InChI is InChI=1S/C31H39ClN2O7/c1-5-14(19-6-13(2)30(19,3)4)11-34-12-16-9-20(35)23-18(25(16)32)8-15-7-17-10-21(36)24(29(33)40)28(39)31(17,41)27(38)22(15)26(23)37/h9,13-15,17,19,34-36,38,41H,5-8,10-12H2,1-4H3,(H2,33,40)/t13?,14-,15?,17+,19?,31+/m1/s1. The van der Waals surface area contributed by atoms with Crippen molar-refractivity contribution >= 4 is 29.1 Å². The Balaban J connectivity index is 1.42. The SMILES string of the molecule is CC[C@H](CNCc1cc(O)c2c(c1Cl)CC1C[C@H]3CC(O)=C(C(N)=O)C(=O)[C@@]3(O)C(O)=C1C2=O)C1CC(C)C1(C)C. The molecule has 5 rings (SSSR count). The zero-order valence-electron chi connectivity index (χ0n) is 23.9. The summed E-state index contributed by atoms with van der Waals surface area (Å²) in [7, 11) is 0. The van der Waals surface area contributed by atoms with Crippen molar-refractivity contribution in [1.29, 1.82) is 0 Å². The van der Waals surface area contributed by atoms with Gasteiger partial charge < -0.3 is 31.5 Å². The van der Waals surface area contributed by atoms with Gasteiger partial charge in [0.25, 0.3) is 5.91 Å². The summed E-state index contributed by atoms with van der Waals surface area (Å²) in [5.74, 6) is -4.72. The first-order chi connectivity index (χ1) is 19.2. The molecule has 0 bridgehead atoms. The third kappa shape index (κ3) is 4.31. The molecule has 41 heavy (non-hydrogen) atoms. The van der Waals surface area contributed by atoms with Crippen molar-refractivity contribution in [3.8, 4) is 5.75 Å². The second-order valence-corrected chi connectivity index (χ2v) is 13.4. The summed E-state index contributed by atoms with van der Waals surface area (Å²) in [6, 6.07) is 1.44. The van der Waals surface area contributed by atoms with Gasteiger partial charge in [0.1, 0.15) is 22.8 Å². The molecule has 0 saturated heterocycles. The van der Waals surface area contributed by atoms with Gasteiger partial charge in [0, 0.05) is 29.5 Å². The van der Waals surface area contributed by atoms with Crippen molar-refractivity contribution in [3.63, 3.8) is 0 Å². The first-order valence-electron chi connectivity index (χ1n) is 14.4. The first-order valence-corrected chi connectivity index (χ1v) is 14.7. The molecular weight excluding hydrogens is 548 g/mol. The molecule has 6 atom stereocenters. The number of carbonyl (C=O) groups excluding carboxylic acids is 3. The molecule has 0 aromatic heterocycles. The van der Waals surface area contributed by atoms with Gasteiger partial charge in [0.2, 0.25) is 5.78 Å². The molecule has 0 radical (unpaired) electrons. The molecule has 10 heteroatoms. The fraction of sp³-hybridized carbons (Fsp3) is 0.581. The first kappa shape index (κ1) is 29.6. The van der Waals surface area contributed by atoms with E-state index in [0.717, 1.165) is 13.0 Å². The highest BCUT2D eigenvalue weighted by Gasteiger charge is 2.59. The molecule has 0 aliphatic heterocycles. The summed E-state index contributed by atoms with van der Waals surface area (Å²) in [6.07, 6.45) is 2.23. The number of aromatic hydroxyl groups is 1. The van der Waals surface area contributed by atoms with E-state index < -0.39 is 52.0 Å². The predicted octanol–water partition coefficient (Wildman–Crippen LogP) is 4.03. The topological polar surface area (TPSA) is 170 Å². The van der Waals surface area contributed by atoms with Crippen LogP contribution >= 0.6 is 11.6 Å². The number of Topliss-reactive ketones (excluding diaryl/α,β-unsaturated/α-hetero) is 2. The van der Waals surface area contributed by atoms with E-state index in [1.165, 1.54) is 12.5 Å². The molecule has 0 heterocycles. The summed E-state index contributed by atoms with van der Waals surface area (Å²) in [5, 5.41) is 47.6. The van der Waals surface area contributed by atoms with Crippen LogP contribution in [0.15, 0.2) is 28.7 Å². The van der Waals surface area contributed by atoms with E-state index in [1.807, 2.05) is 0 Å². The average molecular weight is 587 g/mol. The van der Waals surface area contributed by atoms with Crippen molar-refractivity contribution in [1.82, 2.24) is 5.32 Å². The molecule has 1 aromatic carbocycles. The summed E-state index contributed by atoms with van der Waals surface area (Å²) < 4.78 is 0. The predicted molar refractivity (Wildman–Crippen MR) is 152 cm³/mol. The van der Waals surface area contributed by atoms with Crippen LogP contribution in [0.4, 0.5) is 0 Å². The minimum atomic E-state index is -2.58. The monoisotopic (exact) mass is 586 g/mol. The van der Waals surface area contributed by atoms with E-state index >= 15 is 0 Å². The van der Waals surface area contributed by atoms with Gasteiger partial charge in [-0.2, -0.15) is 0 Å². The maximum atomic E-state index is 13.7. The molecule has 3 unspecified atom stereocenters. The Morgan fingerprint density at radius 1 is 1.20 bits per heavy atom. The van der Waals surface area contributed by atoms with Crippen LogP contribution in [0.2, 0.25) is 5.02 Å². The summed E-state index contributed by atoms with van der Waals surface area (Å²) in [4.78, 5) is 38.5. The van der Waals surface area contributed by atoms with Crippen LogP contribution in [0.1, 0.15) is 74.9 Å². The van der Waals surface area contributed by atoms with Crippen LogP contribution in [0.3, 0.4) is 0 Å². The number of nitrogens with two attached hydrogens (primary N) is 1. The number of hydrogen-bond donors (Lipinski definition) is 6. The number of phenolic OH excluding ortho intramolecular Hbond substituents is 1. The van der Waals surface area contributed by atoms with E-state index in [4.69, 9.17) is 17.3 Å². The maximum absolute atomic E-state index is 13.7. The number of hydrogen-bond acceptors (Lipinski definition) is 8. The summed E-state index contributed by atoms with van der Waals surface area (Å²) >= 11 is 6.83. The van der Waals surface area contributed by atoms with Crippen LogP contribution < -0.4 is 11.1 Å². The number of ketones is 2. The lowest BCUT2D eigenvalue weighted by Crippen LogP contribution is -2.57. The summed E-state index contributed by atoms with van der Waals surface area (Å²) in [5.41, 5.74) is 2.98. The fourth-order valence-electron chi connectivity index (χ4n) is 7.81. The number of allylic oxidation sites excluding steroid dienone is 2. The third-order valence-electron chi connectivity index (χ3n) is 10.7. The number of benzene rings is 1. The average Bonchev–Trinajstić information content (AvgIpc) is 2.90. The highest BCUT2D eigenvalue weighted by atomic mass is 35.5. The number of rotatable bonds is 7. The third-order valence-corrected chi connectivity index (χ3v) is 11.2. The number of amides is 1. The number of halogens is 1. The van der Waals surface area contributed by atoms with Crippen LogP contribution in [0.25, 0.3) is 0 Å². The number of phenols is 1. The number of nitrogens with one attached hydrogen (secondary N) is 1. The molecule has 9 nitrogen and oxygen atoms in total. The zero-order chi connectivity index (χ0) is 30.2. The second kappa shape index (κ2) is 10.1. The number of primary amides is 1. The lowest BCUT2D eigenvalue weighted by atomic mass is 9.51. The summed E-state index contributed by atoms with van der Waals surface area (Å²) in [6.45, 7) is 10.3. The Hall–Kier alpha value is -2.88. The van der Waals surface area contributed by atoms with Crippen molar-refractivity contribution in [2.75, 3.05) is 6.54 Å². The van der Waals surface area contributed by atoms with Gasteiger partial charge in [0.15, 0.2) is 11.4 Å². The van der Waals surface area contributed by atoms with Crippen molar-refractivity contribution in [3.05, 3.63) is 50.4 Å². The Bertz CT molecular complexity index is 1410. The molecule has 4 aliphatic rings. The van der Waals surface area contributed by atoms with Crippen LogP contribution in [-0.2, 0) is 22.6 Å². The Labute approximate surface area is 244 Å². The largest absolute Gasteiger partial charge is 0.511 e. The van der Waals surface area contributed by atoms with Gasteiger partial charge in [0.05, 0.1) is 5.56 Å². The van der Waals surface area contributed by atoms with Crippen LogP contribution in [0, 0.1) is 35.0 Å². The van der Waals surface area contributed by atoms with Crippen molar-refractivity contribution in [2.45, 2.75) is 71.9 Å². The minimum absolute atomic E-state index is 0.0657. The second-order valence-electron chi connectivity index (χ2n) is 13.0. The Morgan fingerprint density at radius 2 is 1.88 bits per heavy atom. The van der Waals surface area contributed by atoms with Gasteiger partial charge in [-0.25, -0.2) is 0 Å². The highest BCUT2D eigenvalue weighted by Crippen LogP contribution is 2.55. The molecule has 4 aliphatic carbocycles. The normalized spacial score (nSPS) is 31.3. The Kier molecular flexibility index (Phi) is 7.32. The number of carbonyl (C=O) groups is 3. The van der Waals surface area contributed by atoms with Gasteiger partial charge in [-0.05, 0) is 72.1 Å². The number of fused-ring (bicyclic) bond motifs is 3. The smallest absolute Gasteiger partial charge is 0.255 e. The van der Waals surface area contributed by atoms with E-state index in [-0.39, 0.29) is 36.1 Å². The number of aliphatic hydroxyl groups excluding tert-OH is 2. The molecular formula is C31H39ClN2O7. The highest BCUT2D eigenvalue weighted by molar-refractivity contribution is 6.33. The maximum Gasteiger partial charge on any atom is 0.255 e. The van der Waals surface area contributed by atoms with Gasteiger partial charge >= 0.3 is 0 Å². The lowest BCUT2D eigenvalue weighted by Gasteiger charge is -2.54. The van der Waals surface area contributed by atoms with E-state index in [0.29, 0.717) is 45.9 Å². The molecule has 0 spiro atoms. The zero-order valence-corrected chi connectivity index (χ0v) is 24.6.